The molecule has 1 fully saturated rings. The topological polar surface area (TPSA) is 66.1 Å². The first-order valence-electron chi connectivity index (χ1n) is 13.4. The van der Waals surface area contributed by atoms with Crippen LogP contribution in [0.1, 0.15) is 82.8 Å². The van der Waals surface area contributed by atoms with E-state index in [2.05, 4.69) is 85.0 Å². The zero-order valence-corrected chi connectivity index (χ0v) is 22.1. The van der Waals surface area contributed by atoms with Crippen LogP contribution in [0.2, 0.25) is 0 Å². The SMILES string of the molecule is CC(C)c1cccc(C(C)C)c1NC(=O)NC(Nc1ccccc1-c1cccnc1)C1CCCCC1. The molecule has 1 saturated carbocycles. The molecule has 1 aromatic heterocycles. The number of amides is 2. The summed E-state index contributed by atoms with van der Waals surface area (Å²) >= 11 is 0. The molecule has 0 saturated heterocycles. The molecule has 2 aromatic carbocycles. The summed E-state index contributed by atoms with van der Waals surface area (Å²) in [4.78, 5) is 17.8. The molecule has 36 heavy (non-hydrogen) atoms. The van der Waals surface area contributed by atoms with Crippen molar-refractivity contribution >= 4 is 17.4 Å². The molecule has 1 aliphatic carbocycles. The van der Waals surface area contributed by atoms with Crippen LogP contribution >= 0.6 is 0 Å². The van der Waals surface area contributed by atoms with Crippen LogP contribution in [0, 0.1) is 5.92 Å². The molecule has 1 unspecified atom stereocenters. The summed E-state index contributed by atoms with van der Waals surface area (Å²) in [6, 6.07) is 18.5. The highest BCUT2D eigenvalue weighted by Crippen LogP contribution is 2.34. The second-order valence-electron chi connectivity index (χ2n) is 10.5. The van der Waals surface area contributed by atoms with Gasteiger partial charge in [0, 0.05) is 34.9 Å². The first-order chi connectivity index (χ1) is 17.4. The summed E-state index contributed by atoms with van der Waals surface area (Å²) < 4.78 is 0. The van der Waals surface area contributed by atoms with Crippen molar-refractivity contribution in [3.05, 3.63) is 78.1 Å². The maximum atomic E-state index is 13.5. The van der Waals surface area contributed by atoms with Crippen molar-refractivity contribution < 1.29 is 4.79 Å². The molecule has 1 atom stereocenters. The monoisotopic (exact) mass is 484 g/mol. The van der Waals surface area contributed by atoms with Gasteiger partial charge in [-0.25, -0.2) is 4.79 Å². The molecule has 0 bridgehead atoms. The van der Waals surface area contributed by atoms with Crippen LogP contribution in [-0.4, -0.2) is 17.2 Å². The Bertz CT molecular complexity index is 1110. The molecule has 0 aliphatic heterocycles. The Labute approximate surface area is 216 Å². The maximum absolute atomic E-state index is 13.5. The number of hydrogen-bond donors (Lipinski definition) is 3. The van der Waals surface area contributed by atoms with Crippen LogP contribution < -0.4 is 16.0 Å². The molecule has 4 rings (SSSR count). The second kappa shape index (κ2) is 12.1. The van der Waals surface area contributed by atoms with Gasteiger partial charge in [-0.15, -0.1) is 0 Å². The fraction of sp³-hybridized carbons (Fsp3) is 0.419. The number of carbonyl (C=O) groups excluding carboxylic acids is 1. The molecule has 190 valence electrons. The zero-order valence-electron chi connectivity index (χ0n) is 22.1. The number of hydrogen-bond acceptors (Lipinski definition) is 3. The maximum Gasteiger partial charge on any atom is 0.320 e. The number of benzene rings is 2. The summed E-state index contributed by atoms with van der Waals surface area (Å²) in [7, 11) is 0. The quantitative estimate of drug-likeness (QED) is 0.283. The van der Waals surface area contributed by atoms with Gasteiger partial charge in [-0.1, -0.05) is 89.4 Å². The number of urea groups is 1. The minimum absolute atomic E-state index is 0.160. The number of carbonyl (C=O) groups is 1. The predicted molar refractivity (Wildman–Crippen MR) is 150 cm³/mol. The van der Waals surface area contributed by atoms with Gasteiger partial charge in [0.15, 0.2) is 0 Å². The normalized spacial score (nSPS) is 15.1. The lowest BCUT2D eigenvalue weighted by Gasteiger charge is -2.33. The van der Waals surface area contributed by atoms with Crippen molar-refractivity contribution in [3.8, 4) is 11.1 Å². The van der Waals surface area contributed by atoms with Gasteiger partial charge < -0.3 is 16.0 Å². The van der Waals surface area contributed by atoms with E-state index in [0.717, 1.165) is 35.3 Å². The number of nitrogens with one attached hydrogen (secondary N) is 3. The largest absolute Gasteiger partial charge is 0.365 e. The molecule has 1 aliphatic rings. The summed E-state index contributed by atoms with van der Waals surface area (Å²) in [5.74, 6) is 1.01. The molecule has 2 amide bonds. The zero-order chi connectivity index (χ0) is 25.5. The lowest BCUT2D eigenvalue weighted by atomic mass is 9.86. The number of para-hydroxylation sites is 2. The van der Waals surface area contributed by atoms with Gasteiger partial charge in [-0.05, 0) is 53.9 Å². The Morgan fingerprint density at radius 2 is 1.56 bits per heavy atom. The van der Waals surface area contributed by atoms with E-state index in [1.54, 1.807) is 6.20 Å². The lowest BCUT2D eigenvalue weighted by molar-refractivity contribution is 0.237. The number of nitrogens with zero attached hydrogens (tertiary/aromatic N) is 1. The second-order valence-corrected chi connectivity index (χ2v) is 10.5. The number of rotatable bonds is 8. The standard InChI is InChI=1S/C31H40N4O/c1-21(2)25-16-10-17-26(22(3)4)29(25)34-31(36)35-30(23-12-6-5-7-13-23)33-28-18-9-8-15-27(28)24-14-11-19-32-20-24/h8-11,14-23,30,33H,5-7,12-13H2,1-4H3,(H2,34,35,36). The fourth-order valence-electron chi connectivity index (χ4n) is 5.28. The molecular formula is C31H40N4O. The average Bonchev–Trinajstić information content (AvgIpc) is 2.89. The van der Waals surface area contributed by atoms with Crippen LogP contribution in [0.25, 0.3) is 11.1 Å². The highest BCUT2D eigenvalue weighted by molar-refractivity contribution is 5.92. The summed E-state index contributed by atoms with van der Waals surface area (Å²) in [6.07, 6.45) is 9.37. The Kier molecular flexibility index (Phi) is 8.63. The fourth-order valence-corrected chi connectivity index (χ4v) is 5.28. The Morgan fingerprint density at radius 1 is 0.861 bits per heavy atom. The van der Waals surface area contributed by atoms with Crippen LogP contribution in [0.3, 0.4) is 0 Å². The Balaban J connectivity index is 1.60. The van der Waals surface area contributed by atoms with Gasteiger partial charge in [-0.2, -0.15) is 0 Å². The third kappa shape index (κ3) is 6.26. The summed E-state index contributed by atoms with van der Waals surface area (Å²) in [5, 5.41) is 10.3. The van der Waals surface area contributed by atoms with Crippen LogP contribution in [0.5, 0.6) is 0 Å². The van der Waals surface area contributed by atoms with Crippen molar-refractivity contribution in [2.45, 2.75) is 77.8 Å². The average molecular weight is 485 g/mol. The highest BCUT2D eigenvalue weighted by Gasteiger charge is 2.27. The van der Waals surface area contributed by atoms with Crippen LogP contribution in [0.4, 0.5) is 16.2 Å². The van der Waals surface area contributed by atoms with E-state index in [4.69, 9.17) is 0 Å². The smallest absolute Gasteiger partial charge is 0.320 e. The van der Waals surface area contributed by atoms with Gasteiger partial charge >= 0.3 is 6.03 Å². The first-order valence-corrected chi connectivity index (χ1v) is 13.4. The Morgan fingerprint density at radius 3 is 2.19 bits per heavy atom. The third-order valence-corrected chi connectivity index (χ3v) is 7.23. The number of pyridine rings is 1. The van der Waals surface area contributed by atoms with E-state index >= 15 is 0 Å². The van der Waals surface area contributed by atoms with Crippen molar-refractivity contribution in [2.75, 3.05) is 10.6 Å². The van der Waals surface area contributed by atoms with Gasteiger partial charge in [0.25, 0.3) is 0 Å². The molecule has 3 N–H and O–H groups in total. The van der Waals surface area contributed by atoms with Crippen molar-refractivity contribution in [3.63, 3.8) is 0 Å². The van der Waals surface area contributed by atoms with Crippen molar-refractivity contribution in [1.29, 1.82) is 0 Å². The molecule has 5 heteroatoms. The molecule has 0 spiro atoms. The molecule has 3 aromatic rings. The van der Waals surface area contributed by atoms with E-state index in [1.165, 1.54) is 30.4 Å². The minimum Gasteiger partial charge on any atom is -0.365 e. The van der Waals surface area contributed by atoms with E-state index in [0.29, 0.717) is 17.8 Å². The number of aromatic nitrogens is 1. The van der Waals surface area contributed by atoms with Crippen LogP contribution in [-0.2, 0) is 0 Å². The first kappa shape index (κ1) is 25.7. The predicted octanol–water partition coefficient (Wildman–Crippen LogP) is 8.14. The Hall–Kier alpha value is -3.34. The summed E-state index contributed by atoms with van der Waals surface area (Å²) in [5.41, 5.74) is 6.42. The van der Waals surface area contributed by atoms with E-state index < -0.39 is 0 Å². The number of anilines is 2. The van der Waals surface area contributed by atoms with Gasteiger partial charge in [-0.3, -0.25) is 4.98 Å². The van der Waals surface area contributed by atoms with Crippen molar-refractivity contribution in [2.24, 2.45) is 5.92 Å². The minimum atomic E-state index is -0.170. The van der Waals surface area contributed by atoms with Gasteiger partial charge in [0.05, 0.1) is 0 Å². The molecule has 5 nitrogen and oxygen atoms in total. The van der Waals surface area contributed by atoms with E-state index in [1.807, 2.05) is 24.4 Å². The lowest BCUT2D eigenvalue weighted by Crippen LogP contribution is -2.48. The summed E-state index contributed by atoms with van der Waals surface area (Å²) in [6.45, 7) is 8.68. The molecule has 0 radical (unpaired) electrons. The third-order valence-electron chi connectivity index (χ3n) is 7.23. The van der Waals surface area contributed by atoms with Crippen LogP contribution in [0.15, 0.2) is 67.0 Å². The van der Waals surface area contributed by atoms with E-state index in [-0.39, 0.29) is 12.2 Å². The van der Waals surface area contributed by atoms with Gasteiger partial charge in [0.2, 0.25) is 0 Å². The molecular weight excluding hydrogens is 444 g/mol. The highest BCUT2D eigenvalue weighted by atomic mass is 16.2. The molecule has 1 heterocycles. The van der Waals surface area contributed by atoms with Crippen molar-refractivity contribution in [1.82, 2.24) is 10.3 Å². The van der Waals surface area contributed by atoms with E-state index in [9.17, 15) is 4.79 Å². The van der Waals surface area contributed by atoms with Gasteiger partial charge in [0.1, 0.15) is 6.17 Å².